The van der Waals surface area contributed by atoms with Crippen LogP contribution in [0.3, 0.4) is 0 Å². The van der Waals surface area contributed by atoms with E-state index in [1.807, 2.05) is 0 Å². The van der Waals surface area contributed by atoms with Crippen molar-refractivity contribution in [3.05, 3.63) is 58.9 Å². The second-order valence-electron chi connectivity index (χ2n) is 7.09. The van der Waals surface area contributed by atoms with E-state index in [1.165, 1.54) is 30.3 Å². The normalized spacial score (nSPS) is 24.9. The van der Waals surface area contributed by atoms with Crippen molar-refractivity contribution in [3.8, 4) is 0 Å². The van der Waals surface area contributed by atoms with Crippen LogP contribution in [0, 0.1) is 0 Å². The number of carbonyl (C=O) groups is 3. The third-order valence-corrected chi connectivity index (χ3v) is 4.85. The van der Waals surface area contributed by atoms with Gasteiger partial charge in [0.2, 0.25) is 23.7 Å². The van der Waals surface area contributed by atoms with E-state index in [2.05, 4.69) is 19.2 Å². The van der Waals surface area contributed by atoms with Crippen molar-refractivity contribution in [1.29, 1.82) is 0 Å². The first-order valence-electron chi connectivity index (χ1n) is 9.23. The van der Waals surface area contributed by atoms with Gasteiger partial charge in [-0.15, -0.1) is 0 Å². The van der Waals surface area contributed by atoms with Crippen LogP contribution < -0.4 is 0 Å². The molecule has 0 saturated carbocycles. The fraction of sp³-hybridized carbons (Fsp3) is 0.316. The number of rotatable bonds is 9. The number of esters is 2. The summed E-state index contributed by atoms with van der Waals surface area (Å²) >= 11 is 0. The Morgan fingerprint density at radius 2 is 1.41 bits per heavy atom. The predicted molar refractivity (Wildman–Crippen MR) is 100 cm³/mol. The van der Waals surface area contributed by atoms with Gasteiger partial charge in [-0.3, -0.25) is 4.79 Å². The van der Waals surface area contributed by atoms with Crippen molar-refractivity contribution in [2.45, 2.75) is 29.9 Å². The maximum Gasteiger partial charge on any atom is 0.378 e. The van der Waals surface area contributed by atoms with E-state index < -0.39 is 77.3 Å². The number of cyclic esters (lactones) is 2. The maximum atomic E-state index is 12.7. The number of aliphatic hydroxyl groups is 8. The molecule has 2 aliphatic heterocycles. The van der Waals surface area contributed by atoms with E-state index in [4.69, 9.17) is 0 Å². The Hall–Kier alpha value is -3.73. The van der Waals surface area contributed by atoms with E-state index in [9.17, 15) is 55.2 Å². The van der Waals surface area contributed by atoms with Gasteiger partial charge >= 0.3 is 11.9 Å². The Balaban J connectivity index is 1.97. The van der Waals surface area contributed by atoms with Crippen LogP contribution in [0.1, 0.15) is 10.4 Å². The summed E-state index contributed by atoms with van der Waals surface area (Å²) in [6.45, 7) is -1.56. The topological polar surface area (TPSA) is 250 Å². The minimum Gasteiger partial charge on any atom is -0.505 e. The third-order valence-electron chi connectivity index (χ3n) is 4.85. The Morgan fingerprint density at radius 1 is 0.912 bits per heavy atom. The Morgan fingerprint density at radius 3 is 1.85 bits per heavy atom. The number of aliphatic hydroxyl groups excluding tert-OH is 6. The van der Waals surface area contributed by atoms with Gasteiger partial charge in [0, 0.05) is 5.56 Å². The van der Waals surface area contributed by atoms with Crippen molar-refractivity contribution in [2.75, 3.05) is 6.61 Å². The molecule has 0 fully saturated rings. The molecule has 15 heteroatoms. The lowest BCUT2D eigenvalue weighted by molar-refractivity contribution is -0.521. The summed E-state index contributed by atoms with van der Waals surface area (Å²) in [5.74, 6) is -16.8. The lowest BCUT2D eigenvalue weighted by atomic mass is 9.95. The Kier molecular flexibility index (Phi) is 6.52. The minimum absolute atomic E-state index is 0.221. The molecule has 5 atom stereocenters. The summed E-state index contributed by atoms with van der Waals surface area (Å²) in [7, 11) is 0. The maximum absolute atomic E-state index is 12.7. The average molecular weight is 486 g/mol. The molecule has 8 N–H and O–H groups in total. The van der Waals surface area contributed by atoms with Gasteiger partial charge in [0.25, 0.3) is 11.6 Å². The number of hydrogen-bond acceptors (Lipinski definition) is 15. The largest absolute Gasteiger partial charge is 0.505 e. The Labute approximate surface area is 188 Å². The molecular weight excluding hydrogens is 468 g/mol. The van der Waals surface area contributed by atoms with Crippen molar-refractivity contribution >= 4 is 17.7 Å². The van der Waals surface area contributed by atoms with Crippen molar-refractivity contribution in [3.63, 3.8) is 0 Å². The molecule has 15 nitrogen and oxygen atoms in total. The number of benzene rings is 1. The van der Waals surface area contributed by atoms with Crippen LogP contribution in [0.25, 0.3) is 0 Å². The van der Waals surface area contributed by atoms with Crippen LogP contribution in [0.4, 0.5) is 0 Å². The lowest BCUT2D eigenvalue weighted by Gasteiger charge is -2.37. The summed E-state index contributed by atoms with van der Waals surface area (Å²) in [5.41, 5.74) is -0.221. The van der Waals surface area contributed by atoms with Crippen LogP contribution >= 0.6 is 0 Å². The highest BCUT2D eigenvalue weighted by Crippen LogP contribution is 2.36. The first kappa shape index (κ1) is 24.9. The van der Waals surface area contributed by atoms with E-state index in [-0.39, 0.29) is 5.56 Å². The number of hydrogen-bond donors (Lipinski definition) is 8. The molecule has 0 aliphatic carbocycles. The fourth-order valence-electron chi connectivity index (χ4n) is 2.95. The minimum atomic E-state index is -3.62. The second kappa shape index (κ2) is 8.90. The van der Waals surface area contributed by atoms with E-state index >= 15 is 0 Å². The fourth-order valence-corrected chi connectivity index (χ4v) is 2.95. The smallest absolute Gasteiger partial charge is 0.378 e. The van der Waals surface area contributed by atoms with Crippen molar-refractivity contribution < 1.29 is 74.5 Å². The number of Topliss-reactive ketones (excluding diaryl/α,β-unsaturated/α-hetero) is 1. The molecule has 0 radical (unpaired) electrons. The molecule has 0 spiro atoms. The summed E-state index contributed by atoms with van der Waals surface area (Å²) in [5, 5.41) is 80.2. The molecule has 2 heterocycles. The zero-order valence-electron chi connectivity index (χ0n) is 16.8. The summed E-state index contributed by atoms with van der Waals surface area (Å²) in [4.78, 5) is 44.8. The van der Waals surface area contributed by atoms with E-state index in [1.54, 1.807) is 0 Å². The molecule has 1 aromatic rings. The molecular formula is C19H18O15. The quantitative estimate of drug-likeness (QED) is 0.0621. The number of ketones is 1. The number of ether oxygens (including phenoxy) is 2. The van der Waals surface area contributed by atoms with Gasteiger partial charge in [0.05, 0.1) is 0 Å². The zero-order valence-corrected chi connectivity index (χ0v) is 16.8. The Bertz CT molecular complexity index is 1060. The molecule has 0 saturated heterocycles. The first-order chi connectivity index (χ1) is 15.9. The van der Waals surface area contributed by atoms with E-state index in [0.29, 0.717) is 0 Å². The molecule has 34 heavy (non-hydrogen) atoms. The van der Waals surface area contributed by atoms with Crippen molar-refractivity contribution in [2.24, 2.45) is 0 Å². The first-order valence-corrected chi connectivity index (χ1v) is 9.23. The monoisotopic (exact) mass is 486 g/mol. The van der Waals surface area contributed by atoms with Crippen LogP contribution in [0.2, 0.25) is 0 Å². The van der Waals surface area contributed by atoms with Gasteiger partial charge in [0.1, 0.15) is 6.61 Å². The van der Waals surface area contributed by atoms with Crippen LogP contribution in [-0.4, -0.2) is 95.1 Å². The van der Waals surface area contributed by atoms with Crippen LogP contribution in [-0.2, 0) is 28.8 Å². The van der Waals surface area contributed by atoms with Gasteiger partial charge in [-0.25, -0.2) is 9.59 Å². The highest BCUT2D eigenvalue weighted by Gasteiger charge is 2.60. The van der Waals surface area contributed by atoms with Gasteiger partial charge < -0.3 is 50.3 Å². The summed E-state index contributed by atoms with van der Waals surface area (Å²) in [6, 6.07) is 6.69. The summed E-state index contributed by atoms with van der Waals surface area (Å²) < 4.78 is 8.97. The highest BCUT2D eigenvalue weighted by atomic mass is 17.3. The predicted octanol–water partition coefficient (Wildman–Crippen LogP) is -1.95. The molecule has 184 valence electrons. The van der Waals surface area contributed by atoms with Crippen LogP contribution in [0.15, 0.2) is 53.4 Å². The second-order valence-corrected chi connectivity index (χ2v) is 7.09. The zero-order chi connectivity index (χ0) is 25.4. The third kappa shape index (κ3) is 4.03. The van der Waals surface area contributed by atoms with Gasteiger partial charge in [0.15, 0.2) is 23.4 Å². The summed E-state index contributed by atoms with van der Waals surface area (Å²) in [6.07, 6.45) is -7.61. The molecule has 0 amide bonds. The van der Waals surface area contributed by atoms with Crippen molar-refractivity contribution in [1.82, 2.24) is 0 Å². The highest BCUT2D eigenvalue weighted by molar-refractivity contribution is 6.00. The van der Waals surface area contributed by atoms with Crippen LogP contribution in [0.5, 0.6) is 0 Å². The number of carbonyl (C=O) groups excluding carboxylic acids is 3. The average Bonchev–Trinajstić information content (AvgIpc) is 3.26. The van der Waals surface area contributed by atoms with Gasteiger partial charge in [-0.1, -0.05) is 30.3 Å². The molecule has 1 unspecified atom stereocenters. The molecule has 2 aliphatic rings. The molecule has 0 bridgehead atoms. The van der Waals surface area contributed by atoms with Gasteiger partial charge in [-0.2, -0.15) is 9.78 Å². The van der Waals surface area contributed by atoms with Gasteiger partial charge in [-0.05, 0) is 0 Å². The molecule has 1 aromatic carbocycles. The standard InChI is InChI=1S/C19H18O15/c20-6-18(29,14-9(22)11(24)16(27)31-14)33-34-19(30,15-10(23)12(25)17(28)32-15)13(26)8(21)7-4-2-1-3-5-7/h1-5,13-15,20,22-26,29-30H,6H2/t13?,14-,15-,18+,19+/m0/s1. The van der Waals surface area contributed by atoms with E-state index in [0.717, 1.165) is 0 Å². The SMILES string of the molecule is O=C1O[C@H]([C@@](O)(CO)OO[C@](O)(C(O)C(=O)c2ccccc2)[C@H]2OC(=O)C(O)=C2O)C(O)=C1O. The molecule has 0 aromatic heterocycles. The lowest BCUT2D eigenvalue weighted by Crippen LogP contribution is -2.61. The molecule has 3 rings (SSSR count).